The first-order valence-corrected chi connectivity index (χ1v) is 15.9. The molecule has 1 saturated heterocycles. The van der Waals surface area contributed by atoms with Gasteiger partial charge in [-0.1, -0.05) is 41.5 Å². The molecule has 3 N–H and O–H groups in total. The number of carbonyl (C=O) groups is 1. The van der Waals surface area contributed by atoms with Crippen molar-refractivity contribution >= 4 is 57.8 Å². The fourth-order valence-electron chi connectivity index (χ4n) is 4.75. The SMILES string of the molecule is CNC(=S)NCc1c(C(=O)NN2CCCCC2)nn(-c2ccc(Cl)cc2Cl)c1-c1ccc(C#Cc2ccc(C(F)(F)F)cc2)s1. The lowest BCUT2D eigenvalue weighted by Gasteiger charge is -2.26. The van der Waals surface area contributed by atoms with Crippen molar-refractivity contribution in [2.75, 3.05) is 20.1 Å². The maximum absolute atomic E-state index is 13.7. The summed E-state index contributed by atoms with van der Waals surface area (Å²) in [6, 6.07) is 13.3. The lowest BCUT2D eigenvalue weighted by atomic mass is 10.1. The zero-order chi connectivity index (χ0) is 32.1. The molecule has 2 aromatic carbocycles. The number of nitrogens with zero attached hydrogens (tertiary/aromatic N) is 3. The van der Waals surface area contributed by atoms with Crippen LogP contribution < -0.4 is 16.1 Å². The van der Waals surface area contributed by atoms with Gasteiger partial charge in [0.05, 0.1) is 31.7 Å². The Morgan fingerprint density at radius 3 is 2.44 bits per heavy atom. The molecule has 1 fully saturated rings. The first-order valence-electron chi connectivity index (χ1n) is 13.9. The Bertz CT molecular complexity index is 1770. The summed E-state index contributed by atoms with van der Waals surface area (Å²) in [6.07, 6.45) is -1.34. The number of rotatable bonds is 6. The molecule has 0 saturated carbocycles. The molecule has 0 bridgehead atoms. The second-order valence-corrected chi connectivity index (χ2v) is 12.4. The van der Waals surface area contributed by atoms with E-state index in [0.717, 1.165) is 49.4 Å². The van der Waals surface area contributed by atoms with Crippen LogP contribution in [0.25, 0.3) is 16.3 Å². The van der Waals surface area contributed by atoms with Gasteiger partial charge in [-0.25, -0.2) is 9.69 Å². The minimum Gasteiger partial charge on any atom is -0.366 e. The molecule has 0 atom stereocenters. The Balaban J connectivity index is 1.58. The summed E-state index contributed by atoms with van der Waals surface area (Å²) in [4.78, 5) is 15.1. The van der Waals surface area contributed by atoms with Crippen LogP contribution in [0, 0.1) is 11.8 Å². The van der Waals surface area contributed by atoms with Crippen molar-refractivity contribution in [3.8, 4) is 28.1 Å². The van der Waals surface area contributed by atoms with Crippen LogP contribution in [-0.4, -0.2) is 45.9 Å². The molecule has 0 aliphatic carbocycles. The third-order valence-electron chi connectivity index (χ3n) is 6.99. The molecule has 1 aliphatic heterocycles. The summed E-state index contributed by atoms with van der Waals surface area (Å²) >= 11 is 19.5. The molecule has 14 heteroatoms. The quantitative estimate of drug-likeness (QED) is 0.149. The van der Waals surface area contributed by atoms with E-state index in [1.54, 1.807) is 36.0 Å². The number of amides is 1. The number of halogens is 5. The van der Waals surface area contributed by atoms with E-state index in [-0.39, 0.29) is 18.1 Å². The molecular formula is C31H27Cl2F3N6OS2. The van der Waals surface area contributed by atoms with Gasteiger partial charge in [-0.05, 0) is 79.7 Å². The van der Waals surface area contributed by atoms with Crippen molar-refractivity contribution in [2.24, 2.45) is 0 Å². The van der Waals surface area contributed by atoms with E-state index in [1.807, 2.05) is 11.1 Å². The standard InChI is InChI=1S/C31H27Cl2F3N6OS2/c1-37-30(44)38-18-23-27(29(43)40-41-15-3-2-4-16-41)39-42(25-13-10-21(32)17-24(25)33)28(23)26-14-12-22(45-26)11-7-19-5-8-20(9-6-19)31(34,35)36/h5-6,8-10,12-14,17H,2-4,15-16,18H2,1H3,(H,40,43)(H2,37,38,44). The van der Waals surface area contributed by atoms with E-state index < -0.39 is 11.7 Å². The Hall–Kier alpha value is -3.60. The monoisotopic (exact) mass is 690 g/mol. The number of benzene rings is 2. The van der Waals surface area contributed by atoms with E-state index in [9.17, 15) is 18.0 Å². The number of piperidine rings is 1. The van der Waals surface area contributed by atoms with Crippen LogP contribution in [0.15, 0.2) is 54.6 Å². The van der Waals surface area contributed by atoms with Crippen molar-refractivity contribution in [1.82, 2.24) is 30.8 Å². The fraction of sp³-hybridized carbons (Fsp3) is 0.258. The van der Waals surface area contributed by atoms with E-state index in [1.165, 1.54) is 23.5 Å². The number of nitrogens with one attached hydrogen (secondary N) is 3. The molecule has 7 nitrogen and oxygen atoms in total. The van der Waals surface area contributed by atoms with Gasteiger partial charge >= 0.3 is 6.18 Å². The predicted molar refractivity (Wildman–Crippen MR) is 176 cm³/mol. The summed E-state index contributed by atoms with van der Waals surface area (Å²) in [6.45, 7) is 1.66. The molecule has 0 unspecified atom stereocenters. The molecule has 234 valence electrons. The normalized spacial score (nSPS) is 13.6. The number of thiophene rings is 1. The molecule has 0 spiro atoms. The van der Waals surface area contributed by atoms with Crippen LogP contribution >= 0.6 is 46.8 Å². The zero-order valence-corrected chi connectivity index (χ0v) is 27.0. The van der Waals surface area contributed by atoms with Crippen molar-refractivity contribution in [3.63, 3.8) is 0 Å². The Morgan fingerprint density at radius 2 is 1.78 bits per heavy atom. The highest BCUT2D eigenvalue weighted by Gasteiger charge is 2.30. The van der Waals surface area contributed by atoms with Gasteiger partial charge in [0.1, 0.15) is 0 Å². The van der Waals surface area contributed by atoms with Gasteiger partial charge in [0.2, 0.25) is 0 Å². The number of alkyl halides is 3. The molecule has 4 aromatic rings. The predicted octanol–water partition coefficient (Wildman–Crippen LogP) is 7.05. The minimum absolute atomic E-state index is 0.174. The minimum atomic E-state index is -4.42. The van der Waals surface area contributed by atoms with Gasteiger partial charge in [-0.15, -0.1) is 11.3 Å². The van der Waals surface area contributed by atoms with E-state index in [2.05, 4.69) is 27.9 Å². The first kappa shape index (κ1) is 32.8. The van der Waals surface area contributed by atoms with Crippen LogP contribution in [0.3, 0.4) is 0 Å². The van der Waals surface area contributed by atoms with Crippen molar-refractivity contribution < 1.29 is 18.0 Å². The van der Waals surface area contributed by atoms with Gasteiger partial charge in [0.25, 0.3) is 5.91 Å². The molecule has 1 aliphatic rings. The lowest BCUT2D eigenvalue weighted by molar-refractivity contribution is -0.137. The number of hydrazine groups is 1. The van der Waals surface area contributed by atoms with Crippen LogP contribution in [0.4, 0.5) is 13.2 Å². The largest absolute Gasteiger partial charge is 0.416 e. The van der Waals surface area contributed by atoms with Crippen LogP contribution in [0.5, 0.6) is 0 Å². The summed E-state index contributed by atoms with van der Waals surface area (Å²) in [5.41, 5.74) is 4.59. The second-order valence-electron chi connectivity index (χ2n) is 10.1. The average Bonchev–Trinajstić information content (AvgIpc) is 3.63. The maximum Gasteiger partial charge on any atom is 0.416 e. The second kappa shape index (κ2) is 14.2. The third kappa shape index (κ3) is 7.98. The van der Waals surface area contributed by atoms with Gasteiger partial charge in [0, 0.05) is 42.8 Å². The molecule has 45 heavy (non-hydrogen) atoms. The molecule has 0 radical (unpaired) electrons. The fourth-order valence-corrected chi connectivity index (χ4v) is 6.23. The van der Waals surface area contributed by atoms with Crippen molar-refractivity contribution in [1.29, 1.82) is 0 Å². The van der Waals surface area contributed by atoms with E-state index in [0.29, 0.717) is 42.5 Å². The summed E-state index contributed by atoms with van der Waals surface area (Å²) in [5, 5.41) is 13.8. The highest BCUT2D eigenvalue weighted by molar-refractivity contribution is 7.80. The van der Waals surface area contributed by atoms with Crippen molar-refractivity contribution in [2.45, 2.75) is 32.0 Å². The highest BCUT2D eigenvalue weighted by atomic mass is 35.5. The smallest absolute Gasteiger partial charge is 0.366 e. The average molecular weight is 692 g/mol. The highest BCUT2D eigenvalue weighted by Crippen LogP contribution is 2.37. The Kier molecular flexibility index (Phi) is 10.4. The molecule has 5 rings (SSSR count). The summed E-state index contributed by atoms with van der Waals surface area (Å²) < 4.78 is 40.5. The van der Waals surface area contributed by atoms with Crippen molar-refractivity contribution in [3.05, 3.63) is 91.9 Å². The Morgan fingerprint density at radius 1 is 1.04 bits per heavy atom. The molecular weight excluding hydrogens is 664 g/mol. The van der Waals surface area contributed by atoms with Gasteiger partial charge in [-0.2, -0.15) is 18.3 Å². The Labute approximate surface area is 277 Å². The summed E-state index contributed by atoms with van der Waals surface area (Å²) in [7, 11) is 1.69. The van der Waals surface area contributed by atoms with Gasteiger partial charge in [0.15, 0.2) is 10.8 Å². The van der Waals surface area contributed by atoms with Gasteiger partial charge < -0.3 is 10.6 Å². The van der Waals surface area contributed by atoms with Crippen LogP contribution in [-0.2, 0) is 12.7 Å². The van der Waals surface area contributed by atoms with Crippen LogP contribution in [0.2, 0.25) is 10.0 Å². The molecule has 3 heterocycles. The molecule has 2 aromatic heterocycles. The van der Waals surface area contributed by atoms with E-state index in [4.69, 9.17) is 40.5 Å². The molecule has 1 amide bonds. The van der Waals surface area contributed by atoms with E-state index >= 15 is 0 Å². The number of carbonyl (C=O) groups excluding carboxylic acids is 1. The van der Waals surface area contributed by atoms with Crippen LogP contribution in [0.1, 0.15) is 51.3 Å². The van der Waals surface area contributed by atoms with Gasteiger partial charge in [-0.3, -0.25) is 10.2 Å². The summed E-state index contributed by atoms with van der Waals surface area (Å²) in [5.74, 6) is 5.59. The zero-order valence-electron chi connectivity index (χ0n) is 23.9. The third-order valence-corrected chi connectivity index (χ3v) is 8.88. The maximum atomic E-state index is 13.7. The number of thiocarbonyl (C=S) groups is 1. The first-order chi connectivity index (χ1) is 21.5. The lowest BCUT2D eigenvalue weighted by Crippen LogP contribution is -2.45. The number of hydrogen-bond donors (Lipinski definition) is 3. The topological polar surface area (TPSA) is 74.2 Å². The number of aromatic nitrogens is 2. The number of hydrogen-bond acceptors (Lipinski definition) is 5.